The Morgan fingerprint density at radius 2 is 2.11 bits per heavy atom. The molecule has 0 bridgehead atoms. The molecule has 2 rings (SSSR count). The van der Waals surface area contributed by atoms with Crippen molar-refractivity contribution in [3.8, 4) is 5.75 Å². The molecule has 0 aromatic carbocycles. The number of ether oxygens (including phenoxy) is 3. The molecule has 18 heavy (non-hydrogen) atoms. The zero-order valence-corrected chi connectivity index (χ0v) is 11.2. The number of aryl methyl sites for hydroxylation is 1. The summed E-state index contributed by atoms with van der Waals surface area (Å²) in [5.74, 6) is 1.02. The van der Waals surface area contributed by atoms with E-state index in [9.17, 15) is 0 Å². The molecule has 1 unspecified atom stereocenters. The van der Waals surface area contributed by atoms with Gasteiger partial charge in [0.1, 0.15) is 18.5 Å². The quantitative estimate of drug-likeness (QED) is 0.801. The Labute approximate surface area is 107 Å². The fraction of sp³-hybridized carbons (Fsp3) is 0.692. The number of aromatic nitrogens is 2. The minimum Gasteiger partial charge on any atom is -0.488 e. The SMILES string of the molecule is CCCc1ncc(OCC2COC(C)(C)O2)cn1. The molecule has 0 N–H and O–H groups in total. The van der Waals surface area contributed by atoms with Crippen molar-refractivity contribution in [2.75, 3.05) is 13.2 Å². The van der Waals surface area contributed by atoms with Crippen molar-refractivity contribution in [1.29, 1.82) is 0 Å². The second-order valence-electron chi connectivity index (χ2n) is 4.85. The van der Waals surface area contributed by atoms with Crippen LogP contribution in [0.2, 0.25) is 0 Å². The minimum atomic E-state index is -0.504. The lowest BCUT2D eigenvalue weighted by atomic mass is 10.3. The highest BCUT2D eigenvalue weighted by molar-refractivity contribution is 5.12. The van der Waals surface area contributed by atoms with E-state index < -0.39 is 5.79 Å². The molecule has 1 aromatic rings. The molecule has 0 saturated carbocycles. The third kappa shape index (κ3) is 3.65. The smallest absolute Gasteiger partial charge is 0.163 e. The average molecular weight is 252 g/mol. The van der Waals surface area contributed by atoms with Gasteiger partial charge in [0, 0.05) is 6.42 Å². The molecule has 5 heteroatoms. The fourth-order valence-electron chi connectivity index (χ4n) is 1.80. The predicted molar refractivity (Wildman–Crippen MR) is 66.4 cm³/mol. The second kappa shape index (κ2) is 5.63. The van der Waals surface area contributed by atoms with Gasteiger partial charge in [-0.05, 0) is 20.3 Å². The van der Waals surface area contributed by atoms with Gasteiger partial charge in [-0.15, -0.1) is 0 Å². The summed E-state index contributed by atoms with van der Waals surface area (Å²) in [6, 6.07) is 0. The molecule has 0 radical (unpaired) electrons. The van der Waals surface area contributed by atoms with Crippen LogP contribution in [0.25, 0.3) is 0 Å². The van der Waals surface area contributed by atoms with Crippen LogP contribution in [0.1, 0.15) is 33.0 Å². The maximum absolute atomic E-state index is 5.64. The maximum Gasteiger partial charge on any atom is 0.163 e. The molecule has 1 fully saturated rings. The third-order valence-electron chi connectivity index (χ3n) is 2.66. The van der Waals surface area contributed by atoms with Gasteiger partial charge in [-0.1, -0.05) is 6.92 Å². The van der Waals surface area contributed by atoms with E-state index in [1.54, 1.807) is 12.4 Å². The summed E-state index contributed by atoms with van der Waals surface area (Å²) in [5, 5.41) is 0. The van der Waals surface area contributed by atoms with Crippen molar-refractivity contribution in [2.24, 2.45) is 0 Å². The first-order valence-corrected chi connectivity index (χ1v) is 6.34. The summed E-state index contributed by atoms with van der Waals surface area (Å²) in [6.07, 6.45) is 5.32. The van der Waals surface area contributed by atoms with Gasteiger partial charge in [-0.2, -0.15) is 0 Å². The summed E-state index contributed by atoms with van der Waals surface area (Å²) in [4.78, 5) is 8.47. The molecule has 1 aliphatic heterocycles. The van der Waals surface area contributed by atoms with Crippen molar-refractivity contribution in [3.63, 3.8) is 0 Å². The summed E-state index contributed by atoms with van der Waals surface area (Å²) in [5.41, 5.74) is 0. The van der Waals surface area contributed by atoms with E-state index >= 15 is 0 Å². The molecule has 5 nitrogen and oxygen atoms in total. The van der Waals surface area contributed by atoms with Crippen LogP contribution in [0.5, 0.6) is 5.75 Å². The van der Waals surface area contributed by atoms with Crippen LogP contribution in [0, 0.1) is 0 Å². The molecule has 0 amide bonds. The third-order valence-corrected chi connectivity index (χ3v) is 2.66. The normalized spacial score (nSPS) is 22.1. The Hall–Kier alpha value is -1.20. The summed E-state index contributed by atoms with van der Waals surface area (Å²) in [6.45, 7) is 6.92. The molecular weight excluding hydrogens is 232 g/mol. The molecular formula is C13H20N2O3. The standard InChI is InChI=1S/C13H20N2O3/c1-4-5-12-14-6-10(7-15-12)16-8-11-9-17-13(2,3)18-11/h6-7,11H,4-5,8-9H2,1-3H3. The van der Waals surface area contributed by atoms with Crippen LogP contribution in [0.4, 0.5) is 0 Å². The molecule has 0 spiro atoms. The first-order chi connectivity index (χ1) is 8.59. The van der Waals surface area contributed by atoms with Gasteiger partial charge < -0.3 is 14.2 Å². The maximum atomic E-state index is 5.64. The van der Waals surface area contributed by atoms with E-state index in [0.717, 1.165) is 18.7 Å². The van der Waals surface area contributed by atoms with E-state index in [2.05, 4.69) is 16.9 Å². The lowest BCUT2D eigenvalue weighted by Crippen LogP contribution is -2.25. The summed E-state index contributed by atoms with van der Waals surface area (Å²) < 4.78 is 16.7. The van der Waals surface area contributed by atoms with Crippen molar-refractivity contribution < 1.29 is 14.2 Å². The molecule has 100 valence electrons. The Bertz CT molecular complexity index is 378. The second-order valence-corrected chi connectivity index (χ2v) is 4.85. The van der Waals surface area contributed by atoms with Crippen molar-refractivity contribution >= 4 is 0 Å². The molecule has 1 aliphatic rings. The van der Waals surface area contributed by atoms with Crippen LogP contribution in [-0.4, -0.2) is 35.1 Å². The van der Waals surface area contributed by atoms with Gasteiger partial charge in [0.25, 0.3) is 0 Å². The number of rotatable bonds is 5. The van der Waals surface area contributed by atoms with E-state index in [1.165, 1.54) is 0 Å². The van der Waals surface area contributed by atoms with Crippen molar-refractivity contribution in [3.05, 3.63) is 18.2 Å². The molecule has 0 aliphatic carbocycles. The fourth-order valence-corrected chi connectivity index (χ4v) is 1.80. The number of hydrogen-bond donors (Lipinski definition) is 0. The van der Waals surface area contributed by atoms with Gasteiger partial charge in [0.2, 0.25) is 0 Å². The van der Waals surface area contributed by atoms with Crippen molar-refractivity contribution in [2.45, 2.75) is 45.5 Å². The first kappa shape index (κ1) is 13.2. The zero-order valence-electron chi connectivity index (χ0n) is 11.2. The van der Waals surface area contributed by atoms with E-state index in [0.29, 0.717) is 19.0 Å². The number of hydrogen-bond acceptors (Lipinski definition) is 5. The number of nitrogens with zero attached hydrogens (tertiary/aromatic N) is 2. The van der Waals surface area contributed by atoms with Gasteiger partial charge >= 0.3 is 0 Å². The lowest BCUT2D eigenvalue weighted by Gasteiger charge is -2.17. The Morgan fingerprint density at radius 3 is 2.67 bits per heavy atom. The van der Waals surface area contributed by atoms with Crippen LogP contribution in [-0.2, 0) is 15.9 Å². The highest BCUT2D eigenvalue weighted by atomic mass is 16.7. The molecule has 1 atom stereocenters. The van der Waals surface area contributed by atoms with E-state index in [4.69, 9.17) is 14.2 Å². The van der Waals surface area contributed by atoms with Crippen LogP contribution in [0.15, 0.2) is 12.4 Å². The van der Waals surface area contributed by atoms with Gasteiger partial charge in [0.15, 0.2) is 11.5 Å². The highest BCUT2D eigenvalue weighted by Gasteiger charge is 2.32. The largest absolute Gasteiger partial charge is 0.488 e. The van der Waals surface area contributed by atoms with Gasteiger partial charge in [-0.3, -0.25) is 0 Å². The Morgan fingerprint density at radius 1 is 1.39 bits per heavy atom. The van der Waals surface area contributed by atoms with Crippen molar-refractivity contribution in [1.82, 2.24) is 9.97 Å². The van der Waals surface area contributed by atoms with E-state index in [-0.39, 0.29) is 6.10 Å². The molecule has 1 aromatic heterocycles. The van der Waals surface area contributed by atoms with Crippen LogP contribution < -0.4 is 4.74 Å². The van der Waals surface area contributed by atoms with Gasteiger partial charge in [-0.25, -0.2) is 9.97 Å². The van der Waals surface area contributed by atoms with Gasteiger partial charge in [0.05, 0.1) is 19.0 Å². The predicted octanol–water partition coefficient (Wildman–Crippen LogP) is 1.96. The molecule has 1 saturated heterocycles. The highest BCUT2D eigenvalue weighted by Crippen LogP contribution is 2.22. The average Bonchev–Trinajstić information content (AvgIpc) is 2.69. The zero-order chi connectivity index (χ0) is 13.0. The first-order valence-electron chi connectivity index (χ1n) is 6.34. The Balaban J connectivity index is 1.80. The lowest BCUT2D eigenvalue weighted by molar-refractivity contribution is -0.141. The van der Waals surface area contributed by atoms with Crippen LogP contribution >= 0.6 is 0 Å². The molecule has 2 heterocycles. The summed E-state index contributed by atoms with van der Waals surface area (Å²) >= 11 is 0. The van der Waals surface area contributed by atoms with E-state index in [1.807, 2.05) is 13.8 Å². The topological polar surface area (TPSA) is 53.5 Å². The van der Waals surface area contributed by atoms with Crippen LogP contribution in [0.3, 0.4) is 0 Å². The monoisotopic (exact) mass is 252 g/mol. The Kier molecular flexibility index (Phi) is 4.14. The minimum absolute atomic E-state index is 0.0321. The summed E-state index contributed by atoms with van der Waals surface area (Å²) in [7, 11) is 0.